The van der Waals surface area contributed by atoms with E-state index in [1.165, 1.54) is 0 Å². The van der Waals surface area contributed by atoms with Crippen LogP contribution in [0.3, 0.4) is 0 Å². The molecule has 1 unspecified atom stereocenters. The molecule has 0 saturated carbocycles. The van der Waals surface area contributed by atoms with Crippen LogP contribution >= 0.6 is 15.9 Å². The highest BCUT2D eigenvalue weighted by atomic mass is 79.9. The molecule has 0 bridgehead atoms. The predicted octanol–water partition coefficient (Wildman–Crippen LogP) is 3.03. The SMILES string of the molecule is CCc1cc(C(O)Cc2c(Br)c(C)nn2CC)n(CC)n1. The van der Waals surface area contributed by atoms with Gasteiger partial charge >= 0.3 is 0 Å². The van der Waals surface area contributed by atoms with Crippen LogP contribution in [0.5, 0.6) is 0 Å². The van der Waals surface area contributed by atoms with E-state index in [0.717, 1.165) is 46.8 Å². The van der Waals surface area contributed by atoms with Crippen LogP contribution in [0, 0.1) is 6.92 Å². The summed E-state index contributed by atoms with van der Waals surface area (Å²) >= 11 is 3.58. The highest BCUT2D eigenvalue weighted by Gasteiger charge is 2.20. The molecule has 2 heterocycles. The van der Waals surface area contributed by atoms with Crippen molar-refractivity contribution in [2.24, 2.45) is 0 Å². The maximum atomic E-state index is 10.6. The number of nitrogens with zero attached hydrogens (tertiary/aromatic N) is 4. The number of aliphatic hydroxyl groups is 1. The first-order chi connectivity index (χ1) is 10.0. The molecule has 5 nitrogen and oxygen atoms in total. The van der Waals surface area contributed by atoms with Crippen molar-refractivity contribution in [3.05, 3.63) is 33.3 Å². The molecule has 0 amide bonds. The second-order valence-electron chi connectivity index (χ2n) is 5.11. The lowest BCUT2D eigenvalue weighted by Gasteiger charge is -2.13. The number of hydrogen-bond donors (Lipinski definition) is 1. The number of aliphatic hydroxyl groups excluding tert-OH is 1. The highest BCUT2D eigenvalue weighted by Crippen LogP contribution is 2.27. The molecule has 0 spiro atoms. The largest absolute Gasteiger partial charge is 0.386 e. The van der Waals surface area contributed by atoms with Crippen molar-refractivity contribution >= 4 is 15.9 Å². The van der Waals surface area contributed by atoms with Crippen LogP contribution in [-0.2, 0) is 25.9 Å². The molecular formula is C15H23BrN4O. The third kappa shape index (κ3) is 3.21. The minimum Gasteiger partial charge on any atom is -0.386 e. The molecule has 0 aliphatic rings. The summed E-state index contributed by atoms with van der Waals surface area (Å²) in [6.07, 6.45) is 0.836. The fourth-order valence-electron chi connectivity index (χ4n) is 2.53. The fourth-order valence-corrected chi connectivity index (χ4v) is 2.98. The summed E-state index contributed by atoms with van der Waals surface area (Å²) in [6, 6.07) is 2.00. The molecule has 2 rings (SSSR count). The number of aromatic nitrogens is 4. The van der Waals surface area contributed by atoms with Crippen molar-refractivity contribution in [2.75, 3.05) is 0 Å². The van der Waals surface area contributed by atoms with Gasteiger partial charge in [-0.1, -0.05) is 6.92 Å². The monoisotopic (exact) mass is 354 g/mol. The smallest absolute Gasteiger partial charge is 0.101 e. The van der Waals surface area contributed by atoms with Crippen molar-refractivity contribution in [3.8, 4) is 0 Å². The van der Waals surface area contributed by atoms with Crippen LogP contribution in [-0.4, -0.2) is 24.7 Å². The molecule has 0 radical (unpaired) electrons. The molecule has 116 valence electrons. The van der Waals surface area contributed by atoms with Gasteiger partial charge < -0.3 is 5.11 Å². The summed E-state index contributed by atoms with van der Waals surface area (Å²) in [4.78, 5) is 0. The Hall–Kier alpha value is -1.14. The number of aryl methyl sites for hydroxylation is 4. The van der Waals surface area contributed by atoms with Gasteiger partial charge in [-0.3, -0.25) is 9.36 Å². The van der Waals surface area contributed by atoms with E-state index in [1.54, 1.807) is 0 Å². The van der Waals surface area contributed by atoms with Gasteiger partial charge in [0, 0.05) is 19.5 Å². The summed E-state index contributed by atoms with van der Waals surface area (Å²) in [6.45, 7) is 9.70. The Labute approximate surface area is 134 Å². The van der Waals surface area contributed by atoms with Gasteiger partial charge in [0.05, 0.1) is 27.2 Å². The van der Waals surface area contributed by atoms with E-state index in [-0.39, 0.29) is 0 Å². The molecule has 1 atom stereocenters. The first-order valence-electron chi connectivity index (χ1n) is 7.48. The lowest BCUT2D eigenvalue weighted by atomic mass is 10.1. The van der Waals surface area contributed by atoms with Gasteiger partial charge in [-0.15, -0.1) is 0 Å². The van der Waals surface area contributed by atoms with E-state index in [1.807, 2.05) is 29.3 Å². The molecule has 0 fully saturated rings. The minimum absolute atomic E-state index is 0.532. The molecule has 0 aliphatic carbocycles. The second kappa shape index (κ2) is 6.75. The molecule has 6 heteroatoms. The minimum atomic E-state index is -0.574. The third-order valence-electron chi connectivity index (χ3n) is 3.70. The Balaban J connectivity index is 2.29. The number of rotatable bonds is 6. The Morgan fingerprint density at radius 1 is 1.19 bits per heavy atom. The molecule has 2 aromatic rings. The molecule has 21 heavy (non-hydrogen) atoms. The highest BCUT2D eigenvalue weighted by molar-refractivity contribution is 9.10. The molecule has 1 N–H and O–H groups in total. The average Bonchev–Trinajstić information content (AvgIpc) is 3.03. The summed E-state index contributed by atoms with van der Waals surface area (Å²) < 4.78 is 4.81. The normalized spacial score (nSPS) is 12.9. The van der Waals surface area contributed by atoms with Crippen LogP contribution < -0.4 is 0 Å². The summed E-state index contributed by atoms with van der Waals surface area (Å²) in [5.41, 5.74) is 3.88. The van der Waals surface area contributed by atoms with Crippen LogP contribution in [0.2, 0.25) is 0 Å². The van der Waals surface area contributed by atoms with E-state index >= 15 is 0 Å². The van der Waals surface area contributed by atoms with Gasteiger partial charge in [0.15, 0.2) is 0 Å². The number of hydrogen-bond acceptors (Lipinski definition) is 3. The standard InChI is InChI=1S/C15H23BrN4O/c1-5-11-8-12(19(6-2)18-11)14(21)9-13-15(16)10(4)17-20(13)7-3/h8,14,21H,5-7,9H2,1-4H3. The lowest BCUT2D eigenvalue weighted by molar-refractivity contribution is 0.164. The zero-order valence-electron chi connectivity index (χ0n) is 13.1. The van der Waals surface area contributed by atoms with Crippen molar-refractivity contribution in [1.82, 2.24) is 19.6 Å². The molecule has 0 saturated heterocycles. The van der Waals surface area contributed by atoms with E-state index in [0.29, 0.717) is 6.42 Å². The summed E-state index contributed by atoms with van der Waals surface area (Å²) in [5.74, 6) is 0. The van der Waals surface area contributed by atoms with Crippen molar-refractivity contribution in [1.29, 1.82) is 0 Å². The Bertz CT molecular complexity index is 617. The molecule has 0 aromatic carbocycles. The summed E-state index contributed by atoms with van der Waals surface area (Å²) in [5, 5.41) is 19.6. The van der Waals surface area contributed by atoms with Gasteiger partial charge in [0.2, 0.25) is 0 Å². The van der Waals surface area contributed by atoms with Gasteiger partial charge in [-0.25, -0.2) is 0 Å². The van der Waals surface area contributed by atoms with E-state index < -0.39 is 6.10 Å². The van der Waals surface area contributed by atoms with Crippen LogP contribution in [0.4, 0.5) is 0 Å². The third-order valence-corrected chi connectivity index (χ3v) is 4.74. The molecule has 2 aromatic heterocycles. The summed E-state index contributed by atoms with van der Waals surface area (Å²) in [7, 11) is 0. The maximum absolute atomic E-state index is 10.6. The van der Waals surface area contributed by atoms with Gasteiger partial charge in [0.1, 0.15) is 6.10 Å². The van der Waals surface area contributed by atoms with Gasteiger partial charge in [-0.05, 0) is 49.2 Å². The fraction of sp³-hybridized carbons (Fsp3) is 0.600. The average molecular weight is 355 g/mol. The molecule has 0 aliphatic heterocycles. The topological polar surface area (TPSA) is 55.9 Å². The van der Waals surface area contributed by atoms with Crippen molar-refractivity contribution in [3.63, 3.8) is 0 Å². The number of halogens is 1. The Morgan fingerprint density at radius 3 is 2.43 bits per heavy atom. The molecular weight excluding hydrogens is 332 g/mol. The van der Waals surface area contributed by atoms with Crippen LogP contribution in [0.15, 0.2) is 10.5 Å². The lowest BCUT2D eigenvalue weighted by Crippen LogP contribution is -2.13. The van der Waals surface area contributed by atoms with Crippen LogP contribution in [0.25, 0.3) is 0 Å². The van der Waals surface area contributed by atoms with E-state index in [4.69, 9.17) is 0 Å². The first-order valence-corrected chi connectivity index (χ1v) is 8.27. The Kier molecular flexibility index (Phi) is 5.22. The zero-order chi connectivity index (χ0) is 15.6. The van der Waals surface area contributed by atoms with Crippen LogP contribution in [0.1, 0.15) is 49.7 Å². The Morgan fingerprint density at radius 2 is 1.86 bits per heavy atom. The van der Waals surface area contributed by atoms with Crippen molar-refractivity contribution < 1.29 is 5.11 Å². The predicted molar refractivity (Wildman–Crippen MR) is 86.3 cm³/mol. The maximum Gasteiger partial charge on any atom is 0.101 e. The zero-order valence-corrected chi connectivity index (χ0v) is 14.7. The quantitative estimate of drug-likeness (QED) is 0.867. The van der Waals surface area contributed by atoms with E-state index in [2.05, 4.69) is 40.0 Å². The van der Waals surface area contributed by atoms with Crippen molar-refractivity contribution in [2.45, 2.75) is 59.7 Å². The second-order valence-corrected chi connectivity index (χ2v) is 5.90. The van der Waals surface area contributed by atoms with Gasteiger partial charge in [-0.2, -0.15) is 10.2 Å². The van der Waals surface area contributed by atoms with Gasteiger partial charge in [0.25, 0.3) is 0 Å². The first kappa shape index (κ1) is 16.2. The van der Waals surface area contributed by atoms with E-state index in [9.17, 15) is 5.11 Å².